The maximum absolute atomic E-state index is 13.0. The van der Waals surface area contributed by atoms with E-state index in [0.29, 0.717) is 28.5 Å². The molecule has 0 aliphatic carbocycles. The van der Waals surface area contributed by atoms with Crippen molar-refractivity contribution in [2.75, 3.05) is 5.32 Å². The van der Waals surface area contributed by atoms with Gasteiger partial charge >= 0.3 is 0 Å². The SMILES string of the molecule is Cc1ccc(CNC(=O)c2cccn(-c3ccc(NC(=O)c4ccccc4Cl)cc3)c2=O)cc1. The lowest BCUT2D eigenvalue weighted by atomic mass is 10.1. The summed E-state index contributed by atoms with van der Waals surface area (Å²) in [6.45, 7) is 2.32. The Balaban J connectivity index is 1.48. The Morgan fingerprint density at radius 2 is 1.50 bits per heavy atom. The van der Waals surface area contributed by atoms with E-state index in [1.165, 1.54) is 10.6 Å². The van der Waals surface area contributed by atoms with Gasteiger partial charge in [0.1, 0.15) is 5.56 Å². The van der Waals surface area contributed by atoms with E-state index in [2.05, 4.69) is 10.6 Å². The van der Waals surface area contributed by atoms with Crippen molar-refractivity contribution in [2.45, 2.75) is 13.5 Å². The minimum absolute atomic E-state index is 0.0470. The molecule has 0 radical (unpaired) electrons. The van der Waals surface area contributed by atoms with Crippen LogP contribution in [0.15, 0.2) is 95.9 Å². The molecule has 4 aromatic rings. The number of aromatic nitrogens is 1. The third-order valence-electron chi connectivity index (χ3n) is 5.29. The van der Waals surface area contributed by atoms with Crippen molar-refractivity contribution >= 4 is 29.1 Å². The first-order valence-electron chi connectivity index (χ1n) is 10.6. The molecule has 6 nitrogen and oxygen atoms in total. The van der Waals surface area contributed by atoms with Crippen LogP contribution in [-0.2, 0) is 6.54 Å². The molecule has 0 saturated carbocycles. The van der Waals surface area contributed by atoms with Gasteiger partial charge in [-0.1, -0.05) is 53.6 Å². The first-order chi connectivity index (χ1) is 16.4. The maximum Gasteiger partial charge on any atom is 0.267 e. The molecule has 0 spiro atoms. The number of carbonyl (C=O) groups is 2. The standard InChI is InChI=1S/C27H22ClN3O3/c1-18-8-10-19(11-9-18)17-29-25(32)23-6-4-16-31(27(23)34)21-14-12-20(13-15-21)30-26(33)22-5-2-3-7-24(22)28/h2-16H,17H2,1H3,(H,29,32)(H,30,33). The molecule has 2 N–H and O–H groups in total. The molecule has 34 heavy (non-hydrogen) atoms. The van der Waals surface area contributed by atoms with E-state index in [1.54, 1.807) is 60.8 Å². The Morgan fingerprint density at radius 1 is 0.824 bits per heavy atom. The average molecular weight is 472 g/mol. The van der Waals surface area contributed by atoms with E-state index in [0.717, 1.165) is 11.1 Å². The molecular formula is C27H22ClN3O3. The van der Waals surface area contributed by atoms with Crippen molar-refractivity contribution < 1.29 is 9.59 Å². The van der Waals surface area contributed by atoms with Gasteiger partial charge in [0.25, 0.3) is 17.4 Å². The van der Waals surface area contributed by atoms with Crippen LogP contribution in [0, 0.1) is 6.92 Å². The van der Waals surface area contributed by atoms with Crippen LogP contribution in [0.5, 0.6) is 0 Å². The molecule has 0 aliphatic heterocycles. The van der Waals surface area contributed by atoms with E-state index in [4.69, 9.17) is 11.6 Å². The van der Waals surface area contributed by atoms with E-state index < -0.39 is 11.5 Å². The number of nitrogens with one attached hydrogen (secondary N) is 2. The lowest BCUT2D eigenvalue weighted by Crippen LogP contribution is -2.31. The summed E-state index contributed by atoms with van der Waals surface area (Å²) < 4.78 is 1.39. The number of aryl methyl sites for hydroxylation is 1. The molecule has 1 heterocycles. The number of hydrogen-bond donors (Lipinski definition) is 2. The van der Waals surface area contributed by atoms with Crippen LogP contribution in [-0.4, -0.2) is 16.4 Å². The molecule has 170 valence electrons. The summed E-state index contributed by atoms with van der Waals surface area (Å²) in [5.41, 5.74) is 3.18. The Kier molecular flexibility index (Phi) is 6.90. The van der Waals surface area contributed by atoms with Gasteiger partial charge in [-0.3, -0.25) is 19.0 Å². The number of benzene rings is 3. The number of nitrogens with zero attached hydrogens (tertiary/aromatic N) is 1. The molecule has 0 aliphatic rings. The lowest BCUT2D eigenvalue weighted by molar-refractivity contribution is 0.0948. The highest BCUT2D eigenvalue weighted by Gasteiger charge is 2.14. The summed E-state index contributed by atoms with van der Waals surface area (Å²) in [5, 5.41) is 5.94. The van der Waals surface area contributed by atoms with Crippen LogP contribution >= 0.6 is 11.6 Å². The third kappa shape index (κ3) is 5.24. The second-order valence-corrected chi connectivity index (χ2v) is 8.15. The molecule has 4 rings (SSSR count). The Hall–Kier alpha value is -4.16. The maximum atomic E-state index is 13.0. The van der Waals surface area contributed by atoms with Crippen molar-refractivity contribution in [1.29, 1.82) is 0 Å². The number of pyridine rings is 1. The highest BCUT2D eigenvalue weighted by atomic mass is 35.5. The van der Waals surface area contributed by atoms with Gasteiger partial charge in [-0.2, -0.15) is 0 Å². The monoisotopic (exact) mass is 471 g/mol. The zero-order valence-electron chi connectivity index (χ0n) is 18.4. The molecule has 1 aromatic heterocycles. The van der Waals surface area contributed by atoms with Crippen LogP contribution in [0.3, 0.4) is 0 Å². The van der Waals surface area contributed by atoms with Crippen molar-refractivity contribution in [1.82, 2.24) is 9.88 Å². The highest BCUT2D eigenvalue weighted by molar-refractivity contribution is 6.34. The molecule has 7 heteroatoms. The Bertz CT molecular complexity index is 1390. The van der Waals surface area contributed by atoms with Crippen LogP contribution in [0.2, 0.25) is 5.02 Å². The number of rotatable bonds is 6. The minimum Gasteiger partial charge on any atom is -0.348 e. The molecule has 3 aromatic carbocycles. The van der Waals surface area contributed by atoms with Gasteiger partial charge in [-0.15, -0.1) is 0 Å². The molecule has 0 atom stereocenters. The zero-order chi connectivity index (χ0) is 24.1. The largest absolute Gasteiger partial charge is 0.348 e. The van der Waals surface area contributed by atoms with Crippen molar-refractivity contribution in [3.63, 3.8) is 0 Å². The molecule has 0 saturated heterocycles. The number of hydrogen-bond acceptors (Lipinski definition) is 3. The van der Waals surface area contributed by atoms with Crippen LogP contribution in [0.1, 0.15) is 31.8 Å². The molecular weight excluding hydrogens is 450 g/mol. The smallest absolute Gasteiger partial charge is 0.267 e. The highest BCUT2D eigenvalue weighted by Crippen LogP contribution is 2.18. The van der Waals surface area contributed by atoms with Gasteiger partial charge in [0.15, 0.2) is 0 Å². The fraction of sp³-hybridized carbons (Fsp3) is 0.0741. The van der Waals surface area contributed by atoms with Gasteiger partial charge < -0.3 is 10.6 Å². The number of amides is 2. The first-order valence-corrected chi connectivity index (χ1v) is 11.0. The van der Waals surface area contributed by atoms with Crippen LogP contribution < -0.4 is 16.2 Å². The topological polar surface area (TPSA) is 80.2 Å². The van der Waals surface area contributed by atoms with Gasteiger partial charge in [0.05, 0.1) is 10.6 Å². The number of halogens is 1. The Labute approximate surface area is 201 Å². The molecule has 0 bridgehead atoms. The van der Waals surface area contributed by atoms with Gasteiger partial charge in [0, 0.05) is 24.1 Å². The van der Waals surface area contributed by atoms with Crippen molar-refractivity contribution in [2.24, 2.45) is 0 Å². The summed E-state index contributed by atoms with van der Waals surface area (Å²) in [6, 6.07) is 24.5. The van der Waals surface area contributed by atoms with E-state index in [9.17, 15) is 14.4 Å². The lowest BCUT2D eigenvalue weighted by Gasteiger charge is -2.11. The van der Waals surface area contributed by atoms with Crippen molar-refractivity contribution in [3.8, 4) is 5.69 Å². The third-order valence-corrected chi connectivity index (χ3v) is 5.62. The number of carbonyl (C=O) groups excluding carboxylic acids is 2. The quantitative estimate of drug-likeness (QED) is 0.416. The fourth-order valence-electron chi connectivity index (χ4n) is 3.40. The van der Waals surface area contributed by atoms with E-state index in [-0.39, 0.29) is 11.5 Å². The van der Waals surface area contributed by atoms with Gasteiger partial charge in [0.2, 0.25) is 0 Å². The number of anilines is 1. The summed E-state index contributed by atoms with van der Waals surface area (Å²) in [5.74, 6) is -0.772. The van der Waals surface area contributed by atoms with E-state index in [1.807, 2.05) is 31.2 Å². The normalized spacial score (nSPS) is 10.5. The molecule has 0 fully saturated rings. The predicted molar refractivity (Wildman–Crippen MR) is 134 cm³/mol. The van der Waals surface area contributed by atoms with Crippen molar-refractivity contribution in [3.05, 3.63) is 129 Å². The first kappa shape index (κ1) is 23.0. The van der Waals surface area contributed by atoms with E-state index >= 15 is 0 Å². The molecule has 0 unspecified atom stereocenters. The van der Waals surface area contributed by atoms with Crippen LogP contribution in [0.4, 0.5) is 5.69 Å². The summed E-state index contributed by atoms with van der Waals surface area (Å²) >= 11 is 6.08. The minimum atomic E-state index is -0.441. The van der Waals surface area contributed by atoms with Crippen LogP contribution in [0.25, 0.3) is 5.69 Å². The summed E-state index contributed by atoms with van der Waals surface area (Å²) in [7, 11) is 0. The fourth-order valence-corrected chi connectivity index (χ4v) is 3.62. The second kappa shape index (κ2) is 10.2. The molecule has 2 amide bonds. The zero-order valence-corrected chi connectivity index (χ0v) is 19.2. The Morgan fingerprint density at radius 3 is 2.21 bits per heavy atom. The predicted octanol–water partition coefficient (Wildman–Crippen LogP) is 4.98. The second-order valence-electron chi connectivity index (χ2n) is 7.75. The summed E-state index contributed by atoms with van der Waals surface area (Å²) in [6.07, 6.45) is 1.59. The average Bonchev–Trinajstić information content (AvgIpc) is 2.84. The van der Waals surface area contributed by atoms with Gasteiger partial charge in [-0.25, -0.2) is 0 Å². The summed E-state index contributed by atoms with van der Waals surface area (Å²) in [4.78, 5) is 38.1. The van der Waals surface area contributed by atoms with Gasteiger partial charge in [-0.05, 0) is 61.0 Å².